The molecule has 0 aliphatic heterocycles. The van der Waals surface area contributed by atoms with Gasteiger partial charge in [-0.05, 0) is 0 Å². The Labute approximate surface area is 36.3 Å². The molecule has 0 nitrogen and oxygen atoms in total. The van der Waals surface area contributed by atoms with Gasteiger partial charge in [-0.3, -0.25) is 0 Å². The van der Waals surface area contributed by atoms with Crippen molar-refractivity contribution in [3.63, 3.8) is 0 Å². The number of allylic oxidation sites excluding steroid dienone is 1. The highest BCUT2D eigenvalue weighted by atomic mass is 31.0. The van der Waals surface area contributed by atoms with Gasteiger partial charge in [0.15, 0.2) is 0 Å². The molecule has 2 heteroatoms. The Bertz CT molecular complexity index is 44.9. The minimum absolute atomic E-state index is 1.34. The van der Waals surface area contributed by atoms with Crippen molar-refractivity contribution in [2.24, 2.45) is 0 Å². The molecular formula is C3H8BP. The fraction of sp³-hybridized carbons (Fsp3) is 0.333. The Morgan fingerprint density at radius 2 is 2.20 bits per heavy atom. The summed E-state index contributed by atoms with van der Waals surface area (Å²) >= 11 is 0. The quantitative estimate of drug-likeness (QED) is 0.295. The maximum Gasteiger partial charge on any atom is 0.133 e. The van der Waals surface area contributed by atoms with Crippen LogP contribution in [0.1, 0.15) is 6.92 Å². The summed E-state index contributed by atoms with van der Waals surface area (Å²) in [6.45, 7) is 2.06. The molecule has 0 aromatic rings. The van der Waals surface area contributed by atoms with E-state index < -0.39 is 0 Å². The maximum absolute atomic E-state index is 2.53. The highest BCUT2D eigenvalue weighted by Gasteiger charge is 1.61. The molecule has 0 rings (SSSR count). The molecule has 0 N–H and O–H groups in total. The second-order valence-corrected chi connectivity index (χ2v) is 1.58. The second kappa shape index (κ2) is 2.47. The third-order valence-electron chi connectivity index (χ3n) is 0.333. The highest BCUT2D eigenvalue weighted by molar-refractivity contribution is 7.20. The van der Waals surface area contributed by atoms with Gasteiger partial charge in [0.05, 0.1) is 0 Å². The van der Waals surface area contributed by atoms with E-state index in [0.29, 0.717) is 0 Å². The van der Waals surface area contributed by atoms with Crippen LogP contribution in [0.25, 0.3) is 0 Å². The molecule has 5 heavy (non-hydrogen) atoms. The summed E-state index contributed by atoms with van der Waals surface area (Å²) in [6, 6.07) is 0. The normalized spacial score (nSPS) is 12.0. The first kappa shape index (κ1) is 5.23. The van der Waals surface area contributed by atoms with E-state index in [-0.39, 0.29) is 0 Å². The molecule has 28 valence electrons. The minimum atomic E-state index is 1.34. The van der Waals surface area contributed by atoms with Crippen LogP contribution in [0, 0.1) is 0 Å². The predicted octanol–water partition coefficient (Wildman–Crippen LogP) is 0.356. The Balaban J connectivity index is 3.14. The molecule has 1 atom stereocenters. The van der Waals surface area contributed by atoms with Crippen LogP contribution < -0.4 is 0 Å². The molecule has 0 bridgehead atoms. The summed E-state index contributed by atoms with van der Waals surface area (Å²) in [4.78, 5) is 0. The van der Waals surface area contributed by atoms with Crippen molar-refractivity contribution in [2.45, 2.75) is 6.92 Å². The van der Waals surface area contributed by atoms with Gasteiger partial charge in [-0.25, -0.2) is 0 Å². The molecule has 0 saturated carbocycles. The summed E-state index contributed by atoms with van der Waals surface area (Å²) < 4.78 is 0. The van der Waals surface area contributed by atoms with E-state index >= 15 is 0 Å². The van der Waals surface area contributed by atoms with E-state index in [0.717, 1.165) is 0 Å². The molecule has 0 radical (unpaired) electrons. The summed E-state index contributed by atoms with van der Waals surface area (Å²) in [5.41, 5.74) is 1.34. The fourth-order valence-electron chi connectivity index (χ4n) is 0. The zero-order valence-electron chi connectivity index (χ0n) is 3.65. The highest BCUT2D eigenvalue weighted by Crippen LogP contribution is 1.87. The molecule has 0 aliphatic rings. The molecule has 0 fully saturated rings. The van der Waals surface area contributed by atoms with Crippen molar-refractivity contribution in [2.75, 3.05) is 0 Å². The molecule has 0 aromatic heterocycles. The minimum Gasteiger partial charge on any atom is -0.115 e. The lowest BCUT2D eigenvalue weighted by molar-refractivity contribution is 1.71. The summed E-state index contributed by atoms with van der Waals surface area (Å²) in [5.74, 6) is 2.00. The zero-order chi connectivity index (χ0) is 4.28. The van der Waals surface area contributed by atoms with E-state index in [9.17, 15) is 0 Å². The number of hydrogen-bond acceptors (Lipinski definition) is 0. The predicted molar refractivity (Wildman–Crippen MR) is 32.0 cm³/mol. The van der Waals surface area contributed by atoms with Crippen molar-refractivity contribution in [1.29, 1.82) is 0 Å². The average Bonchev–Trinajstić information content (AvgIpc) is 1.38. The van der Waals surface area contributed by atoms with Crippen LogP contribution in [0.15, 0.2) is 11.3 Å². The van der Waals surface area contributed by atoms with Gasteiger partial charge in [0.2, 0.25) is 0 Å². The molecule has 0 heterocycles. The Hall–Kier alpha value is 0.235. The van der Waals surface area contributed by atoms with E-state index in [1.165, 1.54) is 5.47 Å². The third kappa shape index (κ3) is 4.23. The first-order valence-electron chi connectivity index (χ1n) is 1.62. The van der Waals surface area contributed by atoms with Crippen LogP contribution in [0.2, 0.25) is 0 Å². The summed E-state index contributed by atoms with van der Waals surface area (Å²) in [6.07, 6.45) is 0. The summed E-state index contributed by atoms with van der Waals surface area (Å²) in [7, 11) is 4.59. The van der Waals surface area contributed by atoms with Crippen LogP contribution in [0.4, 0.5) is 0 Å². The van der Waals surface area contributed by atoms with Gasteiger partial charge < -0.3 is 0 Å². The molecule has 0 aromatic carbocycles. The number of rotatable bonds is 0. The Kier molecular flexibility index (Phi) is 2.59. The summed E-state index contributed by atoms with van der Waals surface area (Å²) in [5, 5.41) is 0. The van der Waals surface area contributed by atoms with Crippen molar-refractivity contribution in [1.82, 2.24) is 0 Å². The fourth-order valence-corrected chi connectivity index (χ4v) is 0. The molecule has 0 aliphatic carbocycles. The van der Waals surface area contributed by atoms with E-state index in [2.05, 4.69) is 24.0 Å². The number of hydrogen-bond donors (Lipinski definition) is 0. The third-order valence-corrected chi connectivity index (χ3v) is 1.00. The van der Waals surface area contributed by atoms with Gasteiger partial charge in [0.25, 0.3) is 0 Å². The van der Waals surface area contributed by atoms with Gasteiger partial charge in [-0.15, -0.1) is 14.7 Å². The largest absolute Gasteiger partial charge is 0.133 e. The van der Waals surface area contributed by atoms with E-state index in [1.807, 2.05) is 5.82 Å². The van der Waals surface area contributed by atoms with Crippen molar-refractivity contribution in [3.8, 4) is 0 Å². The lowest BCUT2D eigenvalue weighted by atomic mass is 10.0. The molecule has 0 amide bonds. The molecular weight excluding hydrogens is 77.8 g/mol. The Morgan fingerprint density at radius 3 is 2.20 bits per heavy atom. The lowest BCUT2D eigenvalue weighted by Crippen LogP contribution is -1.60. The van der Waals surface area contributed by atoms with E-state index in [1.54, 1.807) is 0 Å². The van der Waals surface area contributed by atoms with Gasteiger partial charge in [0.1, 0.15) is 7.85 Å². The Morgan fingerprint density at radius 1 is 2.00 bits per heavy atom. The van der Waals surface area contributed by atoms with Crippen molar-refractivity contribution in [3.05, 3.63) is 11.3 Å². The van der Waals surface area contributed by atoms with Crippen LogP contribution in [0.5, 0.6) is 0 Å². The zero-order valence-corrected chi connectivity index (χ0v) is 4.81. The standard InChI is InChI=1S/C3H8BP/c1-3(4)2-5/h2H,4-5H2,1H3/b3-2+. The topological polar surface area (TPSA) is 0 Å². The van der Waals surface area contributed by atoms with Gasteiger partial charge in [-0.2, -0.15) is 0 Å². The lowest BCUT2D eigenvalue weighted by Gasteiger charge is -1.73. The van der Waals surface area contributed by atoms with Crippen LogP contribution >= 0.6 is 9.24 Å². The molecule has 0 saturated heterocycles. The smallest absolute Gasteiger partial charge is 0.115 e. The molecule has 1 unspecified atom stereocenters. The van der Waals surface area contributed by atoms with Crippen molar-refractivity contribution >= 4 is 17.1 Å². The first-order chi connectivity index (χ1) is 2.27. The second-order valence-electron chi connectivity index (χ2n) is 1.24. The SMILES string of the molecule is B/C(C)=C/P. The van der Waals surface area contributed by atoms with Gasteiger partial charge in [-0.1, -0.05) is 12.7 Å². The van der Waals surface area contributed by atoms with Gasteiger partial charge in [0, 0.05) is 0 Å². The molecule has 0 spiro atoms. The van der Waals surface area contributed by atoms with Crippen molar-refractivity contribution < 1.29 is 0 Å². The maximum atomic E-state index is 2.53. The van der Waals surface area contributed by atoms with Gasteiger partial charge >= 0.3 is 0 Å². The van der Waals surface area contributed by atoms with Crippen LogP contribution in [0.3, 0.4) is 0 Å². The van der Waals surface area contributed by atoms with Crippen LogP contribution in [-0.4, -0.2) is 7.85 Å². The monoisotopic (exact) mass is 86.0 g/mol. The van der Waals surface area contributed by atoms with E-state index in [4.69, 9.17) is 0 Å². The first-order valence-corrected chi connectivity index (χ1v) is 2.29. The van der Waals surface area contributed by atoms with Crippen LogP contribution in [-0.2, 0) is 0 Å². The average molecular weight is 85.9 g/mol.